The molecule has 0 aliphatic carbocycles. The van der Waals surface area contributed by atoms with Gasteiger partial charge in [0.25, 0.3) is 0 Å². The molecule has 0 aliphatic heterocycles. The minimum atomic E-state index is -0.363. The summed E-state index contributed by atoms with van der Waals surface area (Å²) in [7, 11) is 0. The number of carbonyl (C=O) groups excluding carboxylic acids is 2. The van der Waals surface area contributed by atoms with Gasteiger partial charge in [-0.1, -0.05) is 54.6 Å². The van der Waals surface area contributed by atoms with Gasteiger partial charge in [0.2, 0.25) is 11.8 Å². The van der Waals surface area contributed by atoms with Crippen LogP contribution in [-0.4, -0.2) is 11.8 Å². The highest BCUT2D eigenvalue weighted by atomic mass is 19.1. The molecule has 0 aromatic heterocycles. The molecule has 0 spiro atoms. The van der Waals surface area contributed by atoms with E-state index in [0.29, 0.717) is 5.56 Å². The smallest absolute Gasteiger partial charge is 0.242 e. The maximum absolute atomic E-state index is 12.8. The van der Waals surface area contributed by atoms with Gasteiger partial charge in [-0.25, -0.2) is 4.39 Å². The molecule has 0 atom stereocenters. The summed E-state index contributed by atoms with van der Waals surface area (Å²) in [6, 6.07) is 19.3. The molecule has 3 rings (SSSR count). The van der Waals surface area contributed by atoms with E-state index in [0.717, 1.165) is 16.3 Å². The number of hydrogen-bond acceptors (Lipinski definition) is 2. The Hall–Kier alpha value is -3.21. The van der Waals surface area contributed by atoms with Crippen LogP contribution in [0.4, 0.5) is 4.39 Å². The van der Waals surface area contributed by atoms with Gasteiger partial charge in [0.1, 0.15) is 5.82 Å². The molecular formula is C20H17FN2O2. The lowest BCUT2D eigenvalue weighted by Gasteiger charge is -2.09. The van der Waals surface area contributed by atoms with Gasteiger partial charge >= 0.3 is 0 Å². The molecule has 25 heavy (non-hydrogen) atoms. The molecule has 3 aromatic rings. The monoisotopic (exact) mass is 336 g/mol. The molecule has 2 N–H and O–H groups in total. The van der Waals surface area contributed by atoms with E-state index >= 15 is 0 Å². The first-order valence-electron chi connectivity index (χ1n) is 7.90. The van der Waals surface area contributed by atoms with Gasteiger partial charge in [0.05, 0.1) is 12.8 Å². The SMILES string of the molecule is O=C(Cc1ccc(F)cc1)NNC(=O)Cc1cccc2ccccc12. The second-order valence-corrected chi connectivity index (χ2v) is 5.71. The average Bonchev–Trinajstić information content (AvgIpc) is 2.62. The summed E-state index contributed by atoms with van der Waals surface area (Å²) in [5.74, 6) is -1.02. The van der Waals surface area contributed by atoms with Crippen LogP contribution in [0.25, 0.3) is 10.8 Å². The van der Waals surface area contributed by atoms with Gasteiger partial charge in [-0.3, -0.25) is 20.4 Å². The highest BCUT2D eigenvalue weighted by Gasteiger charge is 2.09. The Morgan fingerprint density at radius 3 is 2.16 bits per heavy atom. The molecule has 2 amide bonds. The number of halogens is 1. The normalized spacial score (nSPS) is 10.4. The summed E-state index contributed by atoms with van der Waals surface area (Å²) >= 11 is 0. The third kappa shape index (κ3) is 4.41. The standard InChI is InChI=1S/C20H17FN2O2/c21-17-10-8-14(9-11-17)12-19(24)22-23-20(25)13-16-6-3-5-15-4-1-2-7-18(15)16/h1-11H,12-13H2,(H,22,24)(H,23,25). The summed E-state index contributed by atoms with van der Waals surface area (Å²) in [6.45, 7) is 0. The zero-order chi connectivity index (χ0) is 17.6. The third-order valence-corrected chi connectivity index (χ3v) is 3.85. The molecule has 3 aromatic carbocycles. The first-order valence-corrected chi connectivity index (χ1v) is 7.90. The average molecular weight is 336 g/mol. The number of benzene rings is 3. The molecule has 0 heterocycles. The van der Waals surface area contributed by atoms with E-state index in [1.807, 2.05) is 42.5 Å². The molecular weight excluding hydrogens is 319 g/mol. The highest BCUT2D eigenvalue weighted by Crippen LogP contribution is 2.18. The number of nitrogens with one attached hydrogen (secondary N) is 2. The largest absolute Gasteiger partial charge is 0.273 e. The van der Waals surface area contributed by atoms with E-state index in [9.17, 15) is 14.0 Å². The lowest BCUT2D eigenvalue weighted by molar-refractivity contribution is -0.128. The van der Waals surface area contributed by atoms with E-state index in [1.54, 1.807) is 0 Å². The van der Waals surface area contributed by atoms with Crippen molar-refractivity contribution in [2.45, 2.75) is 12.8 Å². The van der Waals surface area contributed by atoms with Crippen LogP contribution in [0.1, 0.15) is 11.1 Å². The summed E-state index contributed by atoms with van der Waals surface area (Å²) in [5.41, 5.74) is 6.36. The molecule has 0 saturated heterocycles. The second kappa shape index (κ2) is 7.57. The number of carbonyl (C=O) groups is 2. The van der Waals surface area contributed by atoms with Crippen molar-refractivity contribution < 1.29 is 14.0 Å². The third-order valence-electron chi connectivity index (χ3n) is 3.85. The van der Waals surface area contributed by atoms with Crippen LogP contribution in [0, 0.1) is 5.82 Å². The van der Waals surface area contributed by atoms with E-state index in [4.69, 9.17) is 0 Å². The predicted octanol–water partition coefficient (Wildman–Crippen LogP) is 2.91. The van der Waals surface area contributed by atoms with Crippen LogP contribution in [0.15, 0.2) is 66.7 Å². The van der Waals surface area contributed by atoms with E-state index in [-0.39, 0.29) is 30.5 Å². The Balaban J connectivity index is 1.55. The number of fused-ring (bicyclic) bond motifs is 1. The molecule has 0 fully saturated rings. The first kappa shape index (κ1) is 16.6. The maximum Gasteiger partial charge on any atom is 0.242 e. The fraction of sp³-hybridized carbons (Fsp3) is 0.100. The van der Waals surface area contributed by atoms with Gasteiger partial charge in [-0.2, -0.15) is 0 Å². The van der Waals surface area contributed by atoms with Crippen molar-refractivity contribution in [3.63, 3.8) is 0 Å². The topological polar surface area (TPSA) is 58.2 Å². The number of rotatable bonds is 4. The van der Waals surface area contributed by atoms with Crippen LogP contribution >= 0.6 is 0 Å². The van der Waals surface area contributed by atoms with Crippen molar-refractivity contribution in [3.05, 3.63) is 83.7 Å². The molecule has 0 saturated carbocycles. The van der Waals surface area contributed by atoms with Crippen molar-refractivity contribution in [2.75, 3.05) is 0 Å². The fourth-order valence-corrected chi connectivity index (χ4v) is 2.64. The van der Waals surface area contributed by atoms with Crippen molar-refractivity contribution in [1.29, 1.82) is 0 Å². The second-order valence-electron chi connectivity index (χ2n) is 5.71. The predicted molar refractivity (Wildman–Crippen MR) is 94.0 cm³/mol. The lowest BCUT2D eigenvalue weighted by Crippen LogP contribution is -2.43. The summed E-state index contributed by atoms with van der Waals surface area (Å²) in [4.78, 5) is 23.9. The van der Waals surface area contributed by atoms with Crippen molar-refractivity contribution in [2.24, 2.45) is 0 Å². The molecule has 5 heteroatoms. The quantitative estimate of drug-likeness (QED) is 0.720. The Kier molecular flexibility index (Phi) is 5.04. The first-order chi connectivity index (χ1) is 12.1. The Morgan fingerprint density at radius 1 is 0.760 bits per heavy atom. The Morgan fingerprint density at radius 2 is 1.40 bits per heavy atom. The molecule has 0 unspecified atom stereocenters. The molecule has 0 radical (unpaired) electrons. The minimum absolute atomic E-state index is 0.0643. The molecule has 126 valence electrons. The van der Waals surface area contributed by atoms with Crippen LogP contribution in [0.2, 0.25) is 0 Å². The van der Waals surface area contributed by atoms with Gasteiger partial charge in [0, 0.05) is 0 Å². The van der Waals surface area contributed by atoms with Crippen molar-refractivity contribution in [3.8, 4) is 0 Å². The van der Waals surface area contributed by atoms with E-state index in [2.05, 4.69) is 10.9 Å². The van der Waals surface area contributed by atoms with Crippen molar-refractivity contribution in [1.82, 2.24) is 10.9 Å². The number of hydrazine groups is 1. The van der Waals surface area contributed by atoms with Crippen LogP contribution in [0.5, 0.6) is 0 Å². The van der Waals surface area contributed by atoms with Crippen LogP contribution in [0.3, 0.4) is 0 Å². The molecule has 0 bridgehead atoms. The van der Waals surface area contributed by atoms with Gasteiger partial charge < -0.3 is 0 Å². The summed E-state index contributed by atoms with van der Waals surface area (Å²) in [6.07, 6.45) is 0.229. The number of amides is 2. The minimum Gasteiger partial charge on any atom is -0.273 e. The van der Waals surface area contributed by atoms with E-state index in [1.165, 1.54) is 24.3 Å². The Labute approximate surface area is 144 Å². The van der Waals surface area contributed by atoms with Crippen LogP contribution < -0.4 is 10.9 Å². The van der Waals surface area contributed by atoms with Crippen molar-refractivity contribution >= 4 is 22.6 Å². The van der Waals surface area contributed by atoms with Gasteiger partial charge in [-0.05, 0) is 34.0 Å². The lowest BCUT2D eigenvalue weighted by atomic mass is 10.0. The van der Waals surface area contributed by atoms with Crippen LogP contribution in [-0.2, 0) is 22.4 Å². The molecule has 0 aliphatic rings. The summed E-state index contributed by atoms with van der Waals surface area (Å²) in [5, 5.41) is 2.07. The zero-order valence-electron chi connectivity index (χ0n) is 13.5. The van der Waals surface area contributed by atoms with Gasteiger partial charge in [-0.15, -0.1) is 0 Å². The van der Waals surface area contributed by atoms with Gasteiger partial charge in [0.15, 0.2) is 0 Å². The fourth-order valence-electron chi connectivity index (χ4n) is 2.64. The number of hydrogen-bond donors (Lipinski definition) is 2. The molecule has 4 nitrogen and oxygen atoms in total. The summed E-state index contributed by atoms with van der Waals surface area (Å²) < 4.78 is 12.8. The maximum atomic E-state index is 12.8. The zero-order valence-corrected chi connectivity index (χ0v) is 13.5. The van der Waals surface area contributed by atoms with E-state index < -0.39 is 0 Å². The Bertz CT molecular complexity index is 902. The highest BCUT2D eigenvalue weighted by molar-refractivity contribution is 5.91.